The predicted octanol–water partition coefficient (Wildman–Crippen LogP) is 3.84. The van der Waals surface area contributed by atoms with Crippen molar-refractivity contribution in [3.05, 3.63) is 26.6 Å². The number of aromatic hydroxyl groups is 1. The van der Waals surface area contributed by atoms with Crippen LogP contribution in [0, 0.1) is 5.41 Å². The summed E-state index contributed by atoms with van der Waals surface area (Å²) in [6, 6.07) is 3.37. The van der Waals surface area contributed by atoms with Gasteiger partial charge in [0.1, 0.15) is 5.75 Å². The minimum absolute atomic E-state index is 0.00567. The van der Waals surface area contributed by atoms with Gasteiger partial charge in [-0.25, -0.2) is 0 Å². The highest BCUT2D eigenvalue weighted by atomic mass is 79.9. The molecule has 0 amide bonds. The highest BCUT2D eigenvalue weighted by Gasteiger charge is 2.32. The zero-order valence-electron chi connectivity index (χ0n) is 11.8. The van der Waals surface area contributed by atoms with Crippen LogP contribution in [-0.4, -0.2) is 28.5 Å². The number of thiol groups is 1. The number of benzene rings is 1. The summed E-state index contributed by atoms with van der Waals surface area (Å²) < 4.78 is 6.23. The normalized spacial score (nSPS) is 13.0. The van der Waals surface area contributed by atoms with Crippen LogP contribution in [0.3, 0.4) is 0 Å². The van der Waals surface area contributed by atoms with Gasteiger partial charge in [-0.1, -0.05) is 29.8 Å². The van der Waals surface area contributed by atoms with Gasteiger partial charge in [0, 0.05) is 10.0 Å². The number of carbonyl (C=O) groups excluding carboxylic acids is 1. The Morgan fingerprint density at radius 3 is 2.62 bits per heavy atom. The zero-order valence-corrected chi connectivity index (χ0v) is 15.8. The molecular formula is C14H18Br2O4S. The van der Waals surface area contributed by atoms with E-state index in [-0.39, 0.29) is 18.1 Å². The fourth-order valence-corrected chi connectivity index (χ4v) is 3.18. The fourth-order valence-electron chi connectivity index (χ4n) is 1.83. The van der Waals surface area contributed by atoms with Crippen molar-refractivity contribution in [2.45, 2.75) is 26.4 Å². The van der Waals surface area contributed by atoms with Crippen molar-refractivity contribution in [1.82, 2.24) is 0 Å². The number of ether oxygens (including phenoxy) is 1. The van der Waals surface area contributed by atoms with E-state index in [9.17, 15) is 15.0 Å². The Morgan fingerprint density at radius 2 is 2.05 bits per heavy atom. The molecule has 1 aromatic rings. The molecule has 0 fully saturated rings. The summed E-state index contributed by atoms with van der Waals surface area (Å²) in [4.78, 5) is 11.1. The average Bonchev–Trinajstić information content (AvgIpc) is 2.41. The van der Waals surface area contributed by atoms with E-state index in [0.717, 1.165) is 4.47 Å². The summed E-state index contributed by atoms with van der Waals surface area (Å²) in [5.74, 6) is -0.356. The number of carbonyl (C=O) groups is 1. The third-order valence-corrected chi connectivity index (χ3v) is 4.55. The molecule has 0 saturated carbocycles. The van der Waals surface area contributed by atoms with Crippen LogP contribution in [0.1, 0.15) is 31.9 Å². The number of rotatable bonds is 6. The molecule has 0 bridgehead atoms. The topological polar surface area (TPSA) is 66.8 Å². The van der Waals surface area contributed by atoms with Crippen molar-refractivity contribution in [3.63, 3.8) is 0 Å². The quantitative estimate of drug-likeness (QED) is 0.463. The first kappa shape index (κ1) is 18.8. The lowest BCUT2D eigenvalue weighted by Gasteiger charge is -2.31. The van der Waals surface area contributed by atoms with Crippen LogP contribution in [-0.2, 0) is 9.53 Å². The van der Waals surface area contributed by atoms with Gasteiger partial charge in [-0.15, -0.1) is 0 Å². The molecule has 4 nitrogen and oxygen atoms in total. The second-order valence-corrected chi connectivity index (χ2v) is 7.43. The molecule has 0 aliphatic rings. The largest absolute Gasteiger partial charge is 0.506 e. The van der Waals surface area contributed by atoms with E-state index in [4.69, 9.17) is 4.74 Å². The molecule has 0 heterocycles. The van der Waals surface area contributed by atoms with Crippen molar-refractivity contribution in [3.8, 4) is 5.75 Å². The van der Waals surface area contributed by atoms with Crippen molar-refractivity contribution in [2.75, 3.05) is 12.4 Å². The first-order valence-electron chi connectivity index (χ1n) is 6.31. The Balaban J connectivity index is 2.85. The molecule has 1 rings (SSSR count). The summed E-state index contributed by atoms with van der Waals surface area (Å²) in [5.41, 5.74) is -0.157. The molecule has 1 atom stereocenters. The standard InChI is InChI=1S/C14H18Br2O4S/c1-14(2,3-4-20-11(17)7-21)13(19)9-5-8(15)6-10(16)12(9)18/h5-6,13,18-19,21H,3-4,7H2,1-2H3/t13-/m0/s1. The van der Waals surface area contributed by atoms with Gasteiger partial charge in [-0.05, 0) is 39.9 Å². The van der Waals surface area contributed by atoms with E-state index in [1.807, 2.05) is 13.8 Å². The van der Waals surface area contributed by atoms with Gasteiger partial charge in [0.15, 0.2) is 0 Å². The number of hydrogen-bond donors (Lipinski definition) is 3. The molecule has 21 heavy (non-hydrogen) atoms. The number of hydrogen-bond acceptors (Lipinski definition) is 5. The van der Waals surface area contributed by atoms with Crippen LogP contribution in [0.25, 0.3) is 0 Å². The van der Waals surface area contributed by atoms with Crippen LogP contribution in [0.15, 0.2) is 21.1 Å². The summed E-state index contributed by atoms with van der Waals surface area (Å²) in [5, 5.41) is 20.6. The summed E-state index contributed by atoms with van der Waals surface area (Å²) >= 11 is 10.4. The van der Waals surface area contributed by atoms with Gasteiger partial charge in [0.25, 0.3) is 0 Å². The van der Waals surface area contributed by atoms with E-state index in [1.165, 1.54) is 0 Å². The molecule has 0 aromatic heterocycles. The smallest absolute Gasteiger partial charge is 0.315 e. The molecule has 118 valence electrons. The Bertz CT molecular complexity index is 520. The van der Waals surface area contributed by atoms with Gasteiger partial charge in [-0.3, -0.25) is 4.79 Å². The first-order valence-corrected chi connectivity index (χ1v) is 8.53. The third kappa shape index (κ3) is 5.16. The van der Waals surface area contributed by atoms with Gasteiger partial charge in [0.05, 0.1) is 22.9 Å². The number of aliphatic hydroxyl groups excluding tert-OH is 1. The van der Waals surface area contributed by atoms with Gasteiger partial charge in [0.2, 0.25) is 0 Å². The van der Waals surface area contributed by atoms with Crippen LogP contribution in [0.4, 0.5) is 0 Å². The Morgan fingerprint density at radius 1 is 1.43 bits per heavy atom. The maximum Gasteiger partial charge on any atom is 0.315 e. The lowest BCUT2D eigenvalue weighted by molar-refractivity contribution is -0.141. The second-order valence-electron chi connectivity index (χ2n) is 5.35. The minimum Gasteiger partial charge on any atom is -0.506 e. The van der Waals surface area contributed by atoms with Crippen molar-refractivity contribution in [2.24, 2.45) is 5.41 Å². The van der Waals surface area contributed by atoms with Gasteiger partial charge >= 0.3 is 5.97 Å². The number of aliphatic hydroxyl groups is 1. The Kier molecular flexibility index (Phi) is 7.03. The average molecular weight is 442 g/mol. The van der Waals surface area contributed by atoms with E-state index >= 15 is 0 Å². The van der Waals surface area contributed by atoms with Crippen molar-refractivity contribution < 1.29 is 19.7 Å². The molecule has 1 aromatic carbocycles. The monoisotopic (exact) mass is 440 g/mol. The minimum atomic E-state index is -0.902. The van der Waals surface area contributed by atoms with Crippen LogP contribution < -0.4 is 0 Å². The molecule has 0 aliphatic carbocycles. The molecule has 0 unspecified atom stereocenters. The van der Waals surface area contributed by atoms with Crippen molar-refractivity contribution >= 4 is 50.5 Å². The SMILES string of the molecule is CC(C)(CCOC(=O)CS)[C@@H](O)c1cc(Br)cc(Br)c1O. The molecule has 0 saturated heterocycles. The Hall–Kier alpha value is -0.240. The molecule has 0 spiro atoms. The molecule has 0 aliphatic heterocycles. The molecular weight excluding hydrogens is 424 g/mol. The van der Waals surface area contributed by atoms with Crippen molar-refractivity contribution in [1.29, 1.82) is 0 Å². The predicted molar refractivity (Wildman–Crippen MR) is 91.7 cm³/mol. The fraction of sp³-hybridized carbons (Fsp3) is 0.500. The summed E-state index contributed by atoms with van der Waals surface area (Å²) in [6.45, 7) is 3.89. The van der Waals surface area contributed by atoms with Crippen LogP contribution in [0.2, 0.25) is 0 Å². The number of halogens is 2. The maximum absolute atomic E-state index is 11.1. The van der Waals surface area contributed by atoms with Crippen LogP contribution in [0.5, 0.6) is 5.75 Å². The summed E-state index contributed by atoms with van der Waals surface area (Å²) in [7, 11) is 0. The zero-order chi connectivity index (χ0) is 16.2. The molecule has 7 heteroatoms. The highest BCUT2D eigenvalue weighted by Crippen LogP contribution is 2.43. The first-order chi connectivity index (χ1) is 9.69. The second kappa shape index (κ2) is 7.85. The van der Waals surface area contributed by atoms with E-state index in [1.54, 1.807) is 12.1 Å². The Labute approximate surface area is 146 Å². The maximum atomic E-state index is 11.1. The van der Waals surface area contributed by atoms with E-state index in [2.05, 4.69) is 44.5 Å². The molecule has 2 N–H and O–H groups in total. The van der Waals surface area contributed by atoms with E-state index < -0.39 is 17.5 Å². The molecule has 0 radical (unpaired) electrons. The number of phenolic OH excluding ortho intramolecular Hbond substituents is 1. The summed E-state index contributed by atoms with van der Waals surface area (Å²) in [6.07, 6.45) is -0.446. The lowest BCUT2D eigenvalue weighted by Crippen LogP contribution is -2.25. The van der Waals surface area contributed by atoms with E-state index in [0.29, 0.717) is 16.5 Å². The lowest BCUT2D eigenvalue weighted by atomic mass is 9.80. The highest BCUT2D eigenvalue weighted by molar-refractivity contribution is 9.11. The number of phenols is 1. The van der Waals surface area contributed by atoms with Gasteiger partial charge < -0.3 is 14.9 Å². The number of esters is 1. The third-order valence-electron chi connectivity index (χ3n) is 3.23. The van der Waals surface area contributed by atoms with Gasteiger partial charge in [-0.2, -0.15) is 12.6 Å². The van der Waals surface area contributed by atoms with Crippen LogP contribution >= 0.6 is 44.5 Å².